The molecule has 13 heavy (non-hydrogen) atoms. The molecular weight excluding hydrogens is 170 g/mol. The zero-order valence-electron chi connectivity index (χ0n) is 7.70. The molecular formula is C8H17N3O2. The molecule has 1 rings (SSSR count). The van der Waals surface area contributed by atoms with Crippen molar-refractivity contribution in [1.82, 2.24) is 10.3 Å². The van der Waals surface area contributed by atoms with Crippen LogP contribution in [0.1, 0.15) is 19.3 Å². The van der Waals surface area contributed by atoms with Gasteiger partial charge in [-0.25, -0.2) is 5.84 Å². The minimum Gasteiger partial charge on any atom is -0.395 e. The monoisotopic (exact) mass is 187 g/mol. The maximum atomic E-state index is 10.8. The van der Waals surface area contributed by atoms with Crippen molar-refractivity contribution >= 4 is 5.91 Å². The van der Waals surface area contributed by atoms with Crippen LogP contribution in [0.5, 0.6) is 0 Å². The molecule has 0 spiro atoms. The van der Waals surface area contributed by atoms with Crippen LogP contribution in [0.4, 0.5) is 0 Å². The summed E-state index contributed by atoms with van der Waals surface area (Å²) < 4.78 is 0. The highest BCUT2D eigenvalue weighted by atomic mass is 16.3. The van der Waals surface area contributed by atoms with E-state index in [0.717, 1.165) is 19.4 Å². The molecule has 0 radical (unpaired) electrons. The molecule has 5 nitrogen and oxygen atoms in total. The van der Waals surface area contributed by atoms with Crippen molar-refractivity contribution in [2.45, 2.75) is 25.3 Å². The van der Waals surface area contributed by atoms with Crippen molar-refractivity contribution in [3.05, 3.63) is 0 Å². The maximum Gasteiger partial charge on any atom is 0.235 e. The molecule has 0 aromatic heterocycles. The largest absolute Gasteiger partial charge is 0.395 e. The third-order valence-corrected chi connectivity index (χ3v) is 2.50. The Kier molecular flexibility index (Phi) is 4.14. The number of nitrogens with one attached hydrogen (secondary N) is 1. The van der Waals surface area contributed by atoms with Gasteiger partial charge in [0.15, 0.2) is 0 Å². The van der Waals surface area contributed by atoms with E-state index < -0.39 is 0 Å². The molecule has 1 unspecified atom stereocenters. The number of aliphatic hydroxyl groups excluding tert-OH is 1. The van der Waals surface area contributed by atoms with Crippen molar-refractivity contribution in [2.75, 3.05) is 19.7 Å². The molecule has 4 N–H and O–H groups in total. The lowest BCUT2D eigenvalue weighted by Gasteiger charge is -2.21. The standard InChI is InChI=1S/C8H17N3O2/c9-10-8(13)3-5-11-4-1-2-7(11)6-12/h7,12H,1-6,9H2,(H,10,13). The van der Waals surface area contributed by atoms with E-state index in [-0.39, 0.29) is 18.6 Å². The van der Waals surface area contributed by atoms with Crippen LogP contribution in [-0.4, -0.2) is 41.7 Å². The van der Waals surface area contributed by atoms with Gasteiger partial charge in [0.2, 0.25) is 5.91 Å². The predicted octanol–water partition coefficient (Wildman–Crippen LogP) is -1.18. The van der Waals surface area contributed by atoms with Gasteiger partial charge in [-0.05, 0) is 19.4 Å². The summed E-state index contributed by atoms with van der Waals surface area (Å²) in [6.07, 6.45) is 2.54. The van der Waals surface area contributed by atoms with E-state index in [9.17, 15) is 4.79 Å². The summed E-state index contributed by atoms with van der Waals surface area (Å²) in [6.45, 7) is 1.85. The van der Waals surface area contributed by atoms with Crippen molar-refractivity contribution in [1.29, 1.82) is 0 Å². The van der Waals surface area contributed by atoms with Gasteiger partial charge in [-0.15, -0.1) is 0 Å². The summed E-state index contributed by atoms with van der Waals surface area (Å²) in [5.74, 6) is 4.81. The first-order valence-electron chi connectivity index (χ1n) is 4.62. The first-order chi connectivity index (χ1) is 6.27. The van der Waals surface area contributed by atoms with Crippen LogP contribution in [0.3, 0.4) is 0 Å². The molecule has 5 heteroatoms. The number of nitrogens with two attached hydrogens (primary N) is 1. The second kappa shape index (κ2) is 5.16. The summed E-state index contributed by atoms with van der Waals surface area (Å²) in [5.41, 5.74) is 2.09. The molecule has 0 bridgehead atoms. The van der Waals surface area contributed by atoms with Crippen LogP contribution in [0.2, 0.25) is 0 Å². The highest BCUT2D eigenvalue weighted by Crippen LogP contribution is 2.16. The molecule has 0 saturated carbocycles. The number of rotatable bonds is 4. The quantitative estimate of drug-likeness (QED) is 0.294. The summed E-state index contributed by atoms with van der Waals surface area (Å²) in [7, 11) is 0. The second-order valence-corrected chi connectivity index (χ2v) is 3.33. The molecule has 1 aliphatic rings. The van der Waals surface area contributed by atoms with Crippen molar-refractivity contribution in [3.8, 4) is 0 Å². The van der Waals surface area contributed by atoms with Crippen LogP contribution in [0, 0.1) is 0 Å². The SMILES string of the molecule is NNC(=O)CCN1CCCC1CO. The van der Waals surface area contributed by atoms with E-state index in [0.29, 0.717) is 13.0 Å². The lowest BCUT2D eigenvalue weighted by atomic mass is 10.2. The summed E-state index contributed by atoms with van der Waals surface area (Å²) in [6, 6.07) is 0.241. The number of hydrazine groups is 1. The second-order valence-electron chi connectivity index (χ2n) is 3.33. The molecule has 76 valence electrons. The number of hydrogen-bond acceptors (Lipinski definition) is 4. The number of carbonyl (C=O) groups is 1. The normalized spacial score (nSPS) is 23.4. The van der Waals surface area contributed by atoms with Gasteiger partial charge in [0.1, 0.15) is 0 Å². The zero-order chi connectivity index (χ0) is 9.68. The van der Waals surface area contributed by atoms with E-state index in [1.807, 2.05) is 0 Å². The van der Waals surface area contributed by atoms with Crippen LogP contribution in [-0.2, 0) is 4.79 Å². The third kappa shape index (κ3) is 2.95. The molecule has 1 amide bonds. The maximum absolute atomic E-state index is 10.8. The van der Waals surface area contributed by atoms with Gasteiger partial charge in [-0.1, -0.05) is 0 Å². The fraction of sp³-hybridized carbons (Fsp3) is 0.875. The topological polar surface area (TPSA) is 78.6 Å². The molecule has 0 aromatic carbocycles. The number of hydrogen-bond donors (Lipinski definition) is 3. The lowest BCUT2D eigenvalue weighted by molar-refractivity contribution is -0.121. The van der Waals surface area contributed by atoms with E-state index in [4.69, 9.17) is 10.9 Å². The van der Waals surface area contributed by atoms with Crippen molar-refractivity contribution in [3.63, 3.8) is 0 Å². The Morgan fingerprint density at radius 2 is 2.46 bits per heavy atom. The Labute approximate surface area is 77.9 Å². The Balaban J connectivity index is 2.23. The van der Waals surface area contributed by atoms with Crippen molar-refractivity contribution in [2.24, 2.45) is 5.84 Å². The summed E-state index contributed by atoms with van der Waals surface area (Å²) >= 11 is 0. The highest BCUT2D eigenvalue weighted by Gasteiger charge is 2.23. The molecule has 0 aliphatic carbocycles. The van der Waals surface area contributed by atoms with E-state index in [2.05, 4.69) is 10.3 Å². The fourth-order valence-electron chi connectivity index (χ4n) is 1.71. The van der Waals surface area contributed by atoms with Crippen LogP contribution in [0.15, 0.2) is 0 Å². The average molecular weight is 187 g/mol. The Morgan fingerprint density at radius 1 is 1.69 bits per heavy atom. The Hall–Kier alpha value is -0.650. The van der Waals surface area contributed by atoms with Gasteiger partial charge in [-0.2, -0.15) is 0 Å². The molecule has 1 saturated heterocycles. The molecule has 1 fully saturated rings. The Morgan fingerprint density at radius 3 is 3.08 bits per heavy atom. The first kappa shape index (κ1) is 10.4. The fourth-order valence-corrected chi connectivity index (χ4v) is 1.71. The minimum atomic E-state index is -0.149. The third-order valence-electron chi connectivity index (χ3n) is 2.50. The smallest absolute Gasteiger partial charge is 0.235 e. The van der Waals surface area contributed by atoms with E-state index in [1.165, 1.54) is 0 Å². The van der Waals surface area contributed by atoms with E-state index in [1.54, 1.807) is 0 Å². The first-order valence-corrected chi connectivity index (χ1v) is 4.62. The number of amides is 1. The van der Waals surface area contributed by atoms with Gasteiger partial charge >= 0.3 is 0 Å². The van der Waals surface area contributed by atoms with Crippen molar-refractivity contribution < 1.29 is 9.90 Å². The average Bonchev–Trinajstić information content (AvgIpc) is 2.61. The lowest BCUT2D eigenvalue weighted by Crippen LogP contribution is -2.37. The van der Waals surface area contributed by atoms with Crippen LogP contribution in [0.25, 0.3) is 0 Å². The Bertz CT molecular complexity index is 175. The van der Waals surface area contributed by atoms with Crippen LogP contribution >= 0.6 is 0 Å². The molecule has 0 aromatic rings. The van der Waals surface area contributed by atoms with Crippen LogP contribution < -0.4 is 11.3 Å². The number of likely N-dealkylation sites (tertiary alicyclic amines) is 1. The minimum absolute atomic E-state index is 0.149. The van der Waals surface area contributed by atoms with E-state index >= 15 is 0 Å². The number of aliphatic hydroxyl groups is 1. The molecule has 1 atom stereocenters. The van der Waals surface area contributed by atoms with Gasteiger partial charge in [0, 0.05) is 19.0 Å². The zero-order valence-corrected chi connectivity index (χ0v) is 7.70. The highest BCUT2D eigenvalue weighted by molar-refractivity contribution is 5.75. The molecule has 1 aliphatic heterocycles. The predicted molar refractivity (Wildman–Crippen MR) is 48.6 cm³/mol. The van der Waals surface area contributed by atoms with Gasteiger partial charge in [0.25, 0.3) is 0 Å². The van der Waals surface area contributed by atoms with Gasteiger partial charge in [0.05, 0.1) is 6.61 Å². The number of carbonyl (C=O) groups excluding carboxylic acids is 1. The summed E-state index contributed by atoms with van der Waals surface area (Å²) in [5, 5.41) is 8.99. The van der Waals surface area contributed by atoms with Gasteiger partial charge in [-0.3, -0.25) is 15.1 Å². The number of nitrogens with zero attached hydrogens (tertiary/aromatic N) is 1. The molecule has 1 heterocycles. The summed E-state index contributed by atoms with van der Waals surface area (Å²) in [4.78, 5) is 13.0. The van der Waals surface area contributed by atoms with Gasteiger partial charge < -0.3 is 5.11 Å².